The van der Waals surface area contributed by atoms with Gasteiger partial charge in [-0.15, -0.1) is 0 Å². The van der Waals surface area contributed by atoms with Crippen LogP contribution in [0.1, 0.15) is 44.7 Å². The molecule has 3 heteroatoms. The number of nitrogens with one attached hydrogen (secondary N) is 1. The van der Waals surface area contributed by atoms with Gasteiger partial charge in [-0.05, 0) is 30.7 Å². The van der Waals surface area contributed by atoms with Crippen molar-refractivity contribution in [3.63, 3.8) is 0 Å². The minimum absolute atomic E-state index is 0.0797. The highest BCUT2D eigenvalue weighted by atomic mass is 19.1. The first-order chi connectivity index (χ1) is 8.50. The molecule has 1 aliphatic heterocycles. The maximum Gasteiger partial charge on any atom is 0.127 e. The average molecular weight is 249 g/mol. The van der Waals surface area contributed by atoms with Gasteiger partial charge in [-0.1, -0.05) is 32.0 Å². The van der Waals surface area contributed by atoms with Crippen molar-refractivity contribution in [2.24, 2.45) is 5.41 Å². The normalized spacial score (nSPS) is 28.9. The van der Waals surface area contributed by atoms with Crippen molar-refractivity contribution in [3.05, 3.63) is 35.6 Å². The molecule has 1 saturated carbocycles. The van der Waals surface area contributed by atoms with Crippen LogP contribution in [0.3, 0.4) is 0 Å². The van der Waals surface area contributed by atoms with E-state index < -0.39 is 0 Å². The maximum absolute atomic E-state index is 13.8. The molecule has 1 aromatic rings. The lowest BCUT2D eigenvalue weighted by molar-refractivity contribution is -0.205. The molecule has 1 spiro atoms. The van der Waals surface area contributed by atoms with E-state index in [9.17, 15) is 4.39 Å². The molecule has 1 unspecified atom stereocenters. The van der Waals surface area contributed by atoms with E-state index in [4.69, 9.17) is 4.74 Å². The zero-order valence-electron chi connectivity index (χ0n) is 11.0. The number of ether oxygens (including phenoxy) is 1. The van der Waals surface area contributed by atoms with Crippen molar-refractivity contribution in [1.82, 2.24) is 5.32 Å². The number of rotatable bonds is 1. The van der Waals surface area contributed by atoms with E-state index >= 15 is 0 Å². The highest BCUT2D eigenvalue weighted by Crippen LogP contribution is 2.51. The van der Waals surface area contributed by atoms with Crippen LogP contribution >= 0.6 is 0 Å². The summed E-state index contributed by atoms with van der Waals surface area (Å²) in [6.45, 7) is 5.20. The molecule has 0 radical (unpaired) electrons. The number of halogens is 1. The summed E-state index contributed by atoms with van der Waals surface area (Å²) in [5.41, 5.74) is 0.892. The van der Waals surface area contributed by atoms with Gasteiger partial charge in [0.2, 0.25) is 0 Å². The Morgan fingerprint density at radius 3 is 2.67 bits per heavy atom. The minimum Gasteiger partial charge on any atom is -0.361 e. The van der Waals surface area contributed by atoms with Crippen molar-refractivity contribution in [2.45, 2.75) is 44.9 Å². The monoisotopic (exact) mass is 249 g/mol. The molecule has 0 aromatic heterocycles. The Balaban J connectivity index is 1.78. The first-order valence-corrected chi connectivity index (χ1v) is 6.66. The summed E-state index contributed by atoms with van der Waals surface area (Å²) >= 11 is 0. The minimum atomic E-state index is -0.214. The third-order valence-corrected chi connectivity index (χ3v) is 4.03. The first kappa shape index (κ1) is 12.1. The first-order valence-electron chi connectivity index (χ1n) is 6.66. The Hall–Kier alpha value is -0.930. The van der Waals surface area contributed by atoms with Crippen LogP contribution in [0.2, 0.25) is 0 Å². The van der Waals surface area contributed by atoms with E-state index in [0.717, 1.165) is 24.8 Å². The summed E-state index contributed by atoms with van der Waals surface area (Å²) in [6, 6.07) is 7.11. The quantitative estimate of drug-likeness (QED) is 0.823. The second kappa shape index (κ2) is 4.04. The van der Waals surface area contributed by atoms with E-state index in [1.807, 2.05) is 12.1 Å². The third kappa shape index (κ3) is 2.06. The van der Waals surface area contributed by atoms with Gasteiger partial charge in [-0.3, -0.25) is 5.32 Å². The highest BCUT2D eigenvalue weighted by molar-refractivity contribution is 5.22. The molecule has 0 amide bonds. The average Bonchev–Trinajstić information content (AvgIpc) is 2.27. The molecule has 18 heavy (non-hydrogen) atoms. The molecular weight excluding hydrogens is 229 g/mol. The molecule has 1 aliphatic carbocycles. The van der Waals surface area contributed by atoms with Crippen molar-refractivity contribution in [2.75, 3.05) is 6.61 Å². The third-order valence-electron chi connectivity index (χ3n) is 4.03. The van der Waals surface area contributed by atoms with Crippen LogP contribution in [0.15, 0.2) is 24.3 Å². The lowest BCUT2D eigenvalue weighted by Crippen LogP contribution is -2.63. The van der Waals surface area contributed by atoms with Crippen molar-refractivity contribution >= 4 is 0 Å². The molecule has 1 saturated heterocycles. The smallest absolute Gasteiger partial charge is 0.127 e. The van der Waals surface area contributed by atoms with Crippen LogP contribution in [-0.4, -0.2) is 12.3 Å². The van der Waals surface area contributed by atoms with Crippen LogP contribution in [0, 0.1) is 11.2 Å². The predicted octanol–water partition coefficient (Wildman–Crippen LogP) is 3.39. The van der Waals surface area contributed by atoms with Crippen LogP contribution in [0.4, 0.5) is 4.39 Å². The molecule has 2 aliphatic rings. The second-order valence-electron chi connectivity index (χ2n) is 6.37. The summed E-state index contributed by atoms with van der Waals surface area (Å²) in [7, 11) is 0. The molecule has 1 atom stereocenters. The van der Waals surface area contributed by atoms with E-state index in [-0.39, 0.29) is 17.6 Å². The molecule has 1 heterocycles. The number of hydrogen-bond acceptors (Lipinski definition) is 2. The zero-order valence-corrected chi connectivity index (χ0v) is 11.0. The van der Waals surface area contributed by atoms with Gasteiger partial charge in [-0.25, -0.2) is 4.39 Å². The van der Waals surface area contributed by atoms with E-state index in [1.165, 1.54) is 6.07 Å². The van der Waals surface area contributed by atoms with Crippen molar-refractivity contribution in [3.8, 4) is 0 Å². The fourth-order valence-electron chi connectivity index (χ4n) is 3.49. The van der Waals surface area contributed by atoms with Crippen molar-refractivity contribution < 1.29 is 9.13 Å². The highest BCUT2D eigenvalue weighted by Gasteiger charge is 2.52. The lowest BCUT2D eigenvalue weighted by Gasteiger charge is -2.56. The summed E-state index contributed by atoms with van der Waals surface area (Å²) < 4.78 is 19.7. The molecular formula is C15H20FNO. The molecule has 98 valence electrons. The molecule has 2 nitrogen and oxygen atoms in total. The summed E-state index contributed by atoms with van der Waals surface area (Å²) in [6.07, 6.45) is 2.85. The standard InChI is InChI=1S/C15H20FNO/c1-14(2)9-15(10-14)17-13(7-8-18-15)11-5-3-4-6-12(11)16/h3-6,13,17H,7-10H2,1-2H3. The van der Waals surface area contributed by atoms with Gasteiger partial charge in [0.15, 0.2) is 0 Å². The van der Waals surface area contributed by atoms with Crippen LogP contribution in [-0.2, 0) is 4.74 Å². The fourth-order valence-corrected chi connectivity index (χ4v) is 3.49. The molecule has 0 bridgehead atoms. The van der Waals surface area contributed by atoms with Gasteiger partial charge < -0.3 is 4.74 Å². The zero-order chi connectivity index (χ0) is 12.8. The van der Waals surface area contributed by atoms with Gasteiger partial charge in [0.1, 0.15) is 11.5 Å². The van der Waals surface area contributed by atoms with Crippen molar-refractivity contribution in [1.29, 1.82) is 0 Å². The van der Waals surface area contributed by atoms with E-state index in [0.29, 0.717) is 12.0 Å². The predicted molar refractivity (Wildman–Crippen MR) is 68.6 cm³/mol. The molecule has 1 N–H and O–H groups in total. The van der Waals surface area contributed by atoms with E-state index in [1.54, 1.807) is 6.07 Å². The van der Waals surface area contributed by atoms with Crippen LogP contribution in [0.5, 0.6) is 0 Å². The second-order valence-corrected chi connectivity index (χ2v) is 6.37. The van der Waals surface area contributed by atoms with Crippen LogP contribution < -0.4 is 5.32 Å². The van der Waals surface area contributed by atoms with Crippen LogP contribution in [0.25, 0.3) is 0 Å². The van der Waals surface area contributed by atoms with E-state index in [2.05, 4.69) is 19.2 Å². The Labute approximate surface area is 108 Å². The Morgan fingerprint density at radius 1 is 1.28 bits per heavy atom. The fraction of sp³-hybridized carbons (Fsp3) is 0.600. The Bertz CT molecular complexity index is 450. The van der Waals surface area contributed by atoms with Gasteiger partial charge in [0, 0.05) is 11.6 Å². The number of benzene rings is 1. The van der Waals surface area contributed by atoms with Gasteiger partial charge >= 0.3 is 0 Å². The Morgan fingerprint density at radius 2 is 2.00 bits per heavy atom. The van der Waals surface area contributed by atoms with Gasteiger partial charge in [0.05, 0.1) is 6.61 Å². The van der Waals surface area contributed by atoms with Gasteiger partial charge in [0.25, 0.3) is 0 Å². The molecule has 1 aromatic carbocycles. The maximum atomic E-state index is 13.8. The summed E-state index contributed by atoms with van der Waals surface area (Å²) in [5.74, 6) is -0.120. The number of hydrogen-bond donors (Lipinski definition) is 1. The molecule has 2 fully saturated rings. The SMILES string of the molecule is CC1(C)CC2(C1)NC(c1ccccc1F)CCO2. The lowest BCUT2D eigenvalue weighted by atomic mass is 9.65. The largest absolute Gasteiger partial charge is 0.361 e. The summed E-state index contributed by atoms with van der Waals surface area (Å²) in [4.78, 5) is 0. The summed E-state index contributed by atoms with van der Waals surface area (Å²) in [5, 5.41) is 3.52. The molecule has 3 rings (SSSR count). The topological polar surface area (TPSA) is 21.3 Å². The Kier molecular flexibility index (Phi) is 2.72. The van der Waals surface area contributed by atoms with Gasteiger partial charge in [-0.2, -0.15) is 0 Å².